The molecule has 2 aliphatic rings. The summed E-state index contributed by atoms with van der Waals surface area (Å²) in [7, 11) is 0. The third-order valence-electron chi connectivity index (χ3n) is 6.33. The Hall–Kier alpha value is -2.32. The number of carbonyl (C=O) groups is 4. The standard InChI is InChI=1S/C23H39N3O6/c1-6-8-16(21(29)30)24-19(27)17-9-7-12-26(17)20(28)18(23(3,4)5)25-22(31)32-15-11-10-14(2)13-15/h14-18H,6-13H2,1-5H3,(H,24,27)(H,25,31)(H,29,30)/t14?,15?,16?,17?,18-/m1/s1. The summed E-state index contributed by atoms with van der Waals surface area (Å²) >= 11 is 0. The molecule has 1 saturated heterocycles. The quantitative estimate of drug-likeness (QED) is 0.519. The van der Waals surface area contributed by atoms with Gasteiger partial charge < -0.3 is 25.4 Å². The zero-order valence-electron chi connectivity index (χ0n) is 20.0. The lowest BCUT2D eigenvalue weighted by molar-refractivity contribution is -0.145. The van der Waals surface area contributed by atoms with E-state index in [0.29, 0.717) is 38.1 Å². The molecule has 3 N–H and O–H groups in total. The van der Waals surface area contributed by atoms with Gasteiger partial charge in [0.05, 0.1) is 0 Å². The largest absolute Gasteiger partial charge is 0.480 e. The molecule has 3 amide bonds. The minimum atomic E-state index is -1.09. The lowest BCUT2D eigenvalue weighted by atomic mass is 9.85. The van der Waals surface area contributed by atoms with Gasteiger partial charge >= 0.3 is 12.1 Å². The van der Waals surface area contributed by atoms with Crippen LogP contribution in [0.3, 0.4) is 0 Å². The summed E-state index contributed by atoms with van der Waals surface area (Å²) < 4.78 is 5.54. The lowest BCUT2D eigenvalue weighted by Gasteiger charge is -2.35. The Labute approximate surface area is 190 Å². The minimum absolute atomic E-state index is 0.141. The van der Waals surface area contributed by atoms with Crippen LogP contribution in [0.2, 0.25) is 0 Å². The van der Waals surface area contributed by atoms with E-state index in [1.165, 1.54) is 4.90 Å². The van der Waals surface area contributed by atoms with Crippen molar-refractivity contribution in [1.29, 1.82) is 0 Å². The molecular formula is C23H39N3O6. The number of likely N-dealkylation sites (tertiary alicyclic amines) is 1. The third kappa shape index (κ3) is 6.84. The Morgan fingerprint density at radius 1 is 1.12 bits per heavy atom. The molecule has 1 aliphatic carbocycles. The summed E-state index contributed by atoms with van der Waals surface area (Å²) in [6.45, 7) is 9.89. The molecule has 1 saturated carbocycles. The number of nitrogens with one attached hydrogen (secondary N) is 2. The summed E-state index contributed by atoms with van der Waals surface area (Å²) in [4.78, 5) is 51.7. The van der Waals surface area contributed by atoms with Gasteiger partial charge in [-0.1, -0.05) is 41.0 Å². The van der Waals surface area contributed by atoms with Gasteiger partial charge in [0.25, 0.3) is 0 Å². The van der Waals surface area contributed by atoms with Crippen molar-refractivity contribution in [1.82, 2.24) is 15.5 Å². The molecule has 1 aliphatic heterocycles. The van der Waals surface area contributed by atoms with Crippen molar-refractivity contribution in [2.24, 2.45) is 11.3 Å². The number of ether oxygens (including phenoxy) is 1. The van der Waals surface area contributed by atoms with Gasteiger partial charge in [-0.25, -0.2) is 9.59 Å². The number of amides is 3. The fourth-order valence-corrected chi connectivity index (χ4v) is 4.50. The SMILES string of the molecule is CCCC(NC(=O)C1CCCN1C(=O)[C@@H](NC(=O)OC1CCC(C)C1)C(C)(C)C)C(=O)O. The van der Waals surface area contributed by atoms with Crippen LogP contribution in [-0.2, 0) is 19.1 Å². The minimum Gasteiger partial charge on any atom is -0.480 e. The second-order valence-corrected chi connectivity index (χ2v) is 10.3. The molecule has 4 unspecified atom stereocenters. The number of nitrogens with zero attached hydrogens (tertiary/aromatic N) is 1. The maximum absolute atomic E-state index is 13.4. The molecule has 2 rings (SSSR count). The molecule has 5 atom stereocenters. The fourth-order valence-electron chi connectivity index (χ4n) is 4.50. The number of alkyl carbamates (subject to hydrolysis) is 1. The molecule has 0 radical (unpaired) electrons. The first kappa shape index (κ1) is 25.9. The molecule has 182 valence electrons. The normalized spacial score (nSPS) is 25.2. The molecule has 2 fully saturated rings. The van der Waals surface area contributed by atoms with Gasteiger partial charge in [0.1, 0.15) is 24.2 Å². The van der Waals surface area contributed by atoms with E-state index in [1.54, 1.807) is 0 Å². The Morgan fingerprint density at radius 2 is 1.81 bits per heavy atom. The summed E-state index contributed by atoms with van der Waals surface area (Å²) in [5, 5.41) is 14.6. The molecule has 0 aromatic rings. The Kier molecular flexibility index (Phi) is 8.92. The van der Waals surface area contributed by atoms with E-state index in [2.05, 4.69) is 17.6 Å². The molecule has 9 heteroatoms. The maximum atomic E-state index is 13.4. The first-order valence-corrected chi connectivity index (χ1v) is 11.7. The Morgan fingerprint density at radius 3 is 2.34 bits per heavy atom. The van der Waals surface area contributed by atoms with Crippen LogP contribution >= 0.6 is 0 Å². The van der Waals surface area contributed by atoms with Crippen molar-refractivity contribution >= 4 is 23.9 Å². The van der Waals surface area contributed by atoms with Crippen LogP contribution < -0.4 is 10.6 Å². The van der Waals surface area contributed by atoms with Crippen LogP contribution in [0.25, 0.3) is 0 Å². The van der Waals surface area contributed by atoms with Crippen LogP contribution in [-0.4, -0.2) is 64.7 Å². The highest BCUT2D eigenvalue weighted by molar-refractivity contribution is 5.93. The molecule has 0 aromatic heterocycles. The van der Waals surface area contributed by atoms with Gasteiger partial charge in [-0.2, -0.15) is 0 Å². The van der Waals surface area contributed by atoms with Gasteiger partial charge in [0.2, 0.25) is 11.8 Å². The fraction of sp³-hybridized carbons (Fsp3) is 0.826. The van der Waals surface area contributed by atoms with E-state index in [0.717, 1.165) is 19.3 Å². The van der Waals surface area contributed by atoms with E-state index >= 15 is 0 Å². The smallest absolute Gasteiger partial charge is 0.408 e. The van der Waals surface area contributed by atoms with Crippen LogP contribution in [0.5, 0.6) is 0 Å². The highest BCUT2D eigenvalue weighted by Gasteiger charge is 2.43. The maximum Gasteiger partial charge on any atom is 0.408 e. The average Bonchev–Trinajstić information content (AvgIpc) is 3.33. The lowest BCUT2D eigenvalue weighted by Crippen LogP contribution is -2.58. The van der Waals surface area contributed by atoms with Gasteiger partial charge in [0, 0.05) is 6.54 Å². The molecule has 0 bridgehead atoms. The van der Waals surface area contributed by atoms with E-state index in [1.807, 2.05) is 27.7 Å². The predicted octanol–water partition coefficient (Wildman–Crippen LogP) is 2.68. The Bertz CT molecular complexity index is 704. The first-order chi connectivity index (χ1) is 14.9. The second-order valence-electron chi connectivity index (χ2n) is 10.3. The summed E-state index contributed by atoms with van der Waals surface area (Å²) in [5.74, 6) is -1.39. The van der Waals surface area contributed by atoms with Crippen molar-refractivity contribution in [3.63, 3.8) is 0 Å². The molecule has 1 heterocycles. The molecular weight excluding hydrogens is 414 g/mol. The highest BCUT2D eigenvalue weighted by Crippen LogP contribution is 2.29. The number of rotatable bonds is 8. The van der Waals surface area contributed by atoms with Crippen LogP contribution in [0.1, 0.15) is 79.6 Å². The Balaban J connectivity index is 2.08. The van der Waals surface area contributed by atoms with Gasteiger partial charge in [-0.3, -0.25) is 9.59 Å². The monoisotopic (exact) mass is 453 g/mol. The van der Waals surface area contributed by atoms with Crippen molar-refractivity contribution in [3.05, 3.63) is 0 Å². The zero-order valence-corrected chi connectivity index (χ0v) is 20.0. The highest BCUT2D eigenvalue weighted by atomic mass is 16.6. The molecule has 0 aromatic carbocycles. The molecule has 9 nitrogen and oxygen atoms in total. The van der Waals surface area contributed by atoms with E-state index < -0.39 is 41.5 Å². The number of hydrogen-bond donors (Lipinski definition) is 3. The van der Waals surface area contributed by atoms with Crippen molar-refractivity contribution in [2.45, 2.75) is 104 Å². The number of carboxylic acid groups (broad SMARTS) is 1. The first-order valence-electron chi connectivity index (χ1n) is 11.7. The van der Waals surface area contributed by atoms with Crippen LogP contribution in [0.15, 0.2) is 0 Å². The van der Waals surface area contributed by atoms with E-state index in [4.69, 9.17) is 4.74 Å². The number of carbonyl (C=O) groups excluding carboxylic acids is 3. The number of hydrogen-bond acceptors (Lipinski definition) is 5. The van der Waals surface area contributed by atoms with E-state index in [9.17, 15) is 24.3 Å². The molecule has 0 spiro atoms. The van der Waals surface area contributed by atoms with Gasteiger partial charge in [0.15, 0.2) is 0 Å². The molecule has 32 heavy (non-hydrogen) atoms. The summed E-state index contributed by atoms with van der Waals surface area (Å²) in [6, 6.07) is -2.60. The number of carboxylic acids is 1. The predicted molar refractivity (Wildman–Crippen MR) is 119 cm³/mol. The van der Waals surface area contributed by atoms with Gasteiger partial charge in [-0.15, -0.1) is 0 Å². The van der Waals surface area contributed by atoms with Crippen molar-refractivity contribution < 1.29 is 29.0 Å². The van der Waals surface area contributed by atoms with Crippen molar-refractivity contribution in [3.8, 4) is 0 Å². The van der Waals surface area contributed by atoms with Gasteiger partial charge in [-0.05, 0) is 49.9 Å². The topological polar surface area (TPSA) is 125 Å². The van der Waals surface area contributed by atoms with Crippen LogP contribution in [0.4, 0.5) is 4.79 Å². The summed E-state index contributed by atoms with van der Waals surface area (Å²) in [6.07, 6.45) is 3.91. The zero-order chi connectivity index (χ0) is 24.1. The average molecular weight is 454 g/mol. The summed E-state index contributed by atoms with van der Waals surface area (Å²) in [5.41, 5.74) is -0.603. The third-order valence-corrected chi connectivity index (χ3v) is 6.33. The van der Waals surface area contributed by atoms with Crippen molar-refractivity contribution in [2.75, 3.05) is 6.54 Å². The van der Waals surface area contributed by atoms with Crippen LogP contribution in [0, 0.1) is 11.3 Å². The van der Waals surface area contributed by atoms with E-state index in [-0.39, 0.29) is 12.0 Å². The number of aliphatic carboxylic acids is 1. The second kappa shape index (κ2) is 11.0.